The van der Waals surface area contributed by atoms with E-state index in [4.69, 9.17) is 9.47 Å². The number of benzene rings is 2. The van der Waals surface area contributed by atoms with E-state index in [9.17, 15) is 9.59 Å². The lowest BCUT2D eigenvalue weighted by molar-refractivity contribution is -0.122. The first-order chi connectivity index (χ1) is 12.9. The number of carbonyl (C=O) groups excluding carboxylic acids is 2. The molecule has 2 aromatic carbocycles. The lowest BCUT2D eigenvalue weighted by Crippen LogP contribution is -2.30. The van der Waals surface area contributed by atoms with E-state index in [2.05, 4.69) is 5.32 Å². The lowest BCUT2D eigenvalue weighted by Gasteiger charge is -2.15. The maximum absolute atomic E-state index is 12.3. The van der Waals surface area contributed by atoms with E-state index >= 15 is 0 Å². The van der Waals surface area contributed by atoms with Gasteiger partial charge in [0.05, 0.1) is 12.2 Å². The van der Waals surface area contributed by atoms with Gasteiger partial charge >= 0.3 is 5.97 Å². The van der Waals surface area contributed by atoms with Gasteiger partial charge in [-0.05, 0) is 74.7 Å². The van der Waals surface area contributed by atoms with E-state index in [0.717, 1.165) is 18.4 Å². The third-order valence-corrected chi connectivity index (χ3v) is 4.28. The minimum absolute atomic E-state index is 0.258. The molecule has 1 N–H and O–H groups in total. The Bertz CT molecular complexity index is 783. The van der Waals surface area contributed by atoms with Crippen molar-refractivity contribution < 1.29 is 19.1 Å². The largest absolute Gasteiger partial charge is 0.481 e. The van der Waals surface area contributed by atoms with Gasteiger partial charge in [0.1, 0.15) is 5.75 Å². The summed E-state index contributed by atoms with van der Waals surface area (Å²) in [6.45, 7) is 8.18. The first-order valence-corrected chi connectivity index (χ1v) is 9.22. The number of nitrogens with one attached hydrogen (secondary N) is 1. The molecule has 0 aliphatic carbocycles. The van der Waals surface area contributed by atoms with E-state index < -0.39 is 6.10 Å². The van der Waals surface area contributed by atoms with Gasteiger partial charge in [0.25, 0.3) is 5.91 Å². The Balaban J connectivity index is 1.90. The summed E-state index contributed by atoms with van der Waals surface area (Å²) in [6, 6.07) is 12.4. The number of anilines is 1. The van der Waals surface area contributed by atoms with Crippen molar-refractivity contribution in [2.24, 2.45) is 0 Å². The van der Waals surface area contributed by atoms with Crippen LogP contribution in [0.1, 0.15) is 48.2 Å². The molecule has 0 saturated heterocycles. The van der Waals surface area contributed by atoms with Crippen LogP contribution >= 0.6 is 0 Å². The zero-order valence-corrected chi connectivity index (χ0v) is 16.4. The van der Waals surface area contributed by atoms with Gasteiger partial charge in [0, 0.05) is 5.69 Å². The molecule has 27 heavy (non-hydrogen) atoms. The Kier molecular flexibility index (Phi) is 7.41. The number of ether oxygens (including phenoxy) is 2. The van der Waals surface area contributed by atoms with Crippen LogP contribution in [0.3, 0.4) is 0 Å². The van der Waals surface area contributed by atoms with Crippen LogP contribution in [0.25, 0.3) is 0 Å². The Labute approximate surface area is 160 Å². The van der Waals surface area contributed by atoms with E-state index in [1.807, 2.05) is 39.0 Å². The summed E-state index contributed by atoms with van der Waals surface area (Å²) in [7, 11) is 0. The highest BCUT2D eigenvalue weighted by Crippen LogP contribution is 2.18. The number of unbranched alkanes of at least 4 members (excludes halogenated alkanes) is 1. The minimum Gasteiger partial charge on any atom is -0.481 e. The predicted octanol–water partition coefficient (Wildman–Crippen LogP) is 4.67. The summed E-state index contributed by atoms with van der Waals surface area (Å²) in [5.74, 6) is 0.0465. The molecule has 0 aliphatic rings. The van der Waals surface area contributed by atoms with Gasteiger partial charge in [-0.15, -0.1) is 0 Å². The number of rotatable bonds is 8. The molecule has 0 heterocycles. The average molecular weight is 369 g/mol. The molecule has 2 rings (SSSR count). The van der Waals surface area contributed by atoms with E-state index in [1.165, 1.54) is 5.56 Å². The first kappa shape index (κ1) is 20.5. The topological polar surface area (TPSA) is 64.6 Å². The highest BCUT2D eigenvalue weighted by atomic mass is 16.5. The number of amides is 1. The lowest BCUT2D eigenvalue weighted by atomic mass is 10.1. The van der Waals surface area contributed by atoms with Crippen LogP contribution < -0.4 is 10.1 Å². The van der Waals surface area contributed by atoms with Crippen molar-refractivity contribution in [3.63, 3.8) is 0 Å². The van der Waals surface area contributed by atoms with Crippen molar-refractivity contribution in [2.45, 2.75) is 46.6 Å². The SMILES string of the molecule is CCCCOC(=O)c1ccc(NC(=O)[C@@H](C)Oc2ccc(C)c(C)c2)cc1. The Morgan fingerprint density at radius 1 is 1.04 bits per heavy atom. The maximum Gasteiger partial charge on any atom is 0.338 e. The molecular weight excluding hydrogens is 342 g/mol. The van der Waals surface area contributed by atoms with Crippen molar-refractivity contribution in [3.05, 3.63) is 59.2 Å². The highest BCUT2D eigenvalue weighted by molar-refractivity contribution is 5.95. The van der Waals surface area contributed by atoms with Crippen LogP contribution in [0.2, 0.25) is 0 Å². The summed E-state index contributed by atoms with van der Waals surface area (Å²) in [6.07, 6.45) is 1.17. The van der Waals surface area contributed by atoms with Crippen LogP contribution in [0.4, 0.5) is 5.69 Å². The molecule has 5 nitrogen and oxygen atoms in total. The zero-order chi connectivity index (χ0) is 19.8. The second-order valence-corrected chi connectivity index (χ2v) is 6.56. The quantitative estimate of drug-likeness (QED) is 0.543. The zero-order valence-electron chi connectivity index (χ0n) is 16.4. The molecule has 0 radical (unpaired) electrons. The fraction of sp³-hybridized carbons (Fsp3) is 0.364. The standard InChI is InChI=1S/C22H27NO4/c1-5-6-13-26-22(25)18-8-10-19(11-9-18)23-21(24)17(4)27-20-12-7-15(2)16(3)14-20/h7-12,14,17H,5-6,13H2,1-4H3,(H,23,24)/t17-/m1/s1. The molecule has 2 aromatic rings. The predicted molar refractivity (Wildman–Crippen MR) is 106 cm³/mol. The summed E-state index contributed by atoms with van der Waals surface area (Å²) < 4.78 is 10.9. The van der Waals surface area contributed by atoms with Crippen LogP contribution in [0.15, 0.2) is 42.5 Å². The van der Waals surface area contributed by atoms with Gasteiger partial charge in [-0.2, -0.15) is 0 Å². The van der Waals surface area contributed by atoms with Crippen LogP contribution in [0, 0.1) is 13.8 Å². The van der Waals surface area contributed by atoms with Gasteiger partial charge in [0.2, 0.25) is 0 Å². The van der Waals surface area contributed by atoms with E-state index in [-0.39, 0.29) is 11.9 Å². The van der Waals surface area contributed by atoms with Gasteiger partial charge in [-0.3, -0.25) is 4.79 Å². The maximum atomic E-state index is 12.3. The second-order valence-electron chi connectivity index (χ2n) is 6.56. The highest BCUT2D eigenvalue weighted by Gasteiger charge is 2.15. The second kappa shape index (κ2) is 9.76. The van der Waals surface area contributed by atoms with Crippen molar-refractivity contribution in [3.8, 4) is 5.75 Å². The molecule has 5 heteroatoms. The minimum atomic E-state index is -0.647. The smallest absolute Gasteiger partial charge is 0.338 e. The molecule has 0 bridgehead atoms. The van der Waals surface area contributed by atoms with Gasteiger partial charge in [0.15, 0.2) is 6.10 Å². The fourth-order valence-electron chi connectivity index (χ4n) is 2.37. The fourth-order valence-corrected chi connectivity index (χ4v) is 2.37. The van der Waals surface area contributed by atoms with Crippen LogP contribution in [-0.2, 0) is 9.53 Å². The summed E-state index contributed by atoms with van der Waals surface area (Å²) in [5.41, 5.74) is 3.35. The molecule has 0 aliphatic heterocycles. The van der Waals surface area contributed by atoms with Gasteiger partial charge in [-0.25, -0.2) is 4.79 Å². The Morgan fingerprint density at radius 2 is 1.74 bits per heavy atom. The monoisotopic (exact) mass is 369 g/mol. The average Bonchev–Trinajstić information content (AvgIpc) is 2.65. The molecule has 0 saturated carbocycles. The normalized spacial score (nSPS) is 11.6. The number of hydrogen-bond donors (Lipinski definition) is 1. The number of esters is 1. The molecule has 1 atom stereocenters. The molecule has 1 amide bonds. The van der Waals surface area contributed by atoms with E-state index in [1.54, 1.807) is 31.2 Å². The number of aryl methyl sites for hydroxylation is 2. The summed E-state index contributed by atoms with van der Waals surface area (Å²) in [4.78, 5) is 24.2. The summed E-state index contributed by atoms with van der Waals surface area (Å²) in [5, 5.41) is 2.79. The molecule has 0 fully saturated rings. The molecular formula is C22H27NO4. The Morgan fingerprint density at radius 3 is 2.37 bits per heavy atom. The number of carbonyl (C=O) groups is 2. The first-order valence-electron chi connectivity index (χ1n) is 9.22. The molecule has 144 valence electrons. The van der Waals surface area contributed by atoms with Gasteiger partial charge < -0.3 is 14.8 Å². The van der Waals surface area contributed by atoms with Crippen molar-refractivity contribution in [1.82, 2.24) is 0 Å². The van der Waals surface area contributed by atoms with Gasteiger partial charge in [-0.1, -0.05) is 19.4 Å². The van der Waals surface area contributed by atoms with Crippen molar-refractivity contribution >= 4 is 17.6 Å². The Hall–Kier alpha value is -2.82. The molecule has 0 unspecified atom stereocenters. The third kappa shape index (κ3) is 6.13. The van der Waals surface area contributed by atoms with E-state index in [0.29, 0.717) is 23.6 Å². The van der Waals surface area contributed by atoms with Crippen LogP contribution in [0.5, 0.6) is 5.75 Å². The third-order valence-electron chi connectivity index (χ3n) is 4.28. The molecule has 0 aromatic heterocycles. The van der Waals surface area contributed by atoms with Crippen molar-refractivity contribution in [1.29, 1.82) is 0 Å². The summed E-state index contributed by atoms with van der Waals surface area (Å²) >= 11 is 0. The van der Waals surface area contributed by atoms with Crippen LogP contribution in [-0.4, -0.2) is 24.6 Å². The van der Waals surface area contributed by atoms with Crippen molar-refractivity contribution in [2.75, 3.05) is 11.9 Å². The molecule has 0 spiro atoms. The number of hydrogen-bond acceptors (Lipinski definition) is 4.